The summed E-state index contributed by atoms with van der Waals surface area (Å²) < 4.78 is 4.99. The van der Waals surface area contributed by atoms with Gasteiger partial charge in [-0.25, -0.2) is 0 Å². The molecule has 21 heavy (non-hydrogen) atoms. The van der Waals surface area contributed by atoms with E-state index in [1.54, 1.807) is 6.92 Å². The minimum Gasteiger partial charge on any atom is -0.481 e. The van der Waals surface area contributed by atoms with Crippen LogP contribution in [0.25, 0.3) is 0 Å². The number of aryl methyl sites for hydroxylation is 2. The van der Waals surface area contributed by atoms with E-state index in [0.29, 0.717) is 37.5 Å². The number of rotatable bonds is 6. The first kappa shape index (κ1) is 15.5. The number of aromatic nitrogens is 2. The lowest BCUT2D eigenvalue weighted by Gasteiger charge is -2.25. The summed E-state index contributed by atoms with van der Waals surface area (Å²) in [5.41, 5.74) is 0. The third kappa shape index (κ3) is 4.54. The molecule has 0 bridgehead atoms. The summed E-state index contributed by atoms with van der Waals surface area (Å²) in [4.78, 5) is 27.1. The molecule has 116 valence electrons. The van der Waals surface area contributed by atoms with E-state index in [0.717, 1.165) is 19.3 Å². The molecule has 1 saturated carbocycles. The van der Waals surface area contributed by atoms with Gasteiger partial charge < -0.3 is 14.9 Å². The number of nitrogens with zero attached hydrogens (tertiary/aromatic N) is 2. The molecule has 1 aromatic rings. The molecule has 7 nitrogen and oxygen atoms in total. The first-order valence-electron chi connectivity index (χ1n) is 7.36. The molecule has 0 saturated heterocycles. The van der Waals surface area contributed by atoms with Crippen LogP contribution in [0.1, 0.15) is 43.8 Å². The highest BCUT2D eigenvalue weighted by atomic mass is 16.5. The van der Waals surface area contributed by atoms with Crippen molar-refractivity contribution in [2.24, 2.45) is 11.8 Å². The van der Waals surface area contributed by atoms with E-state index in [1.165, 1.54) is 0 Å². The molecule has 1 aromatic heterocycles. The zero-order valence-corrected chi connectivity index (χ0v) is 12.2. The molecule has 0 spiro atoms. The van der Waals surface area contributed by atoms with Crippen LogP contribution in [0.5, 0.6) is 0 Å². The molecule has 0 aliphatic heterocycles. The largest absolute Gasteiger partial charge is 0.481 e. The van der Waals surface area contributed by atoms with E-state index in [-0.39, 0.29) is 17.7 Å². The predicted octanol–water partition coefficient (Wildman–Crippen LogP) is 1.32. The molecule has 1 aliphatic carbocycles. The minimum atomic E-state index is -0.792. The van der Waals surface area contributed by atoms with Crippen molar-refractivity contribution in [2.75, 3.05) is 6.54 Å². The predicted molar refractivity (Wildman–Crippen MR) is 73.4 cm³/mol. The Morgan fingerprint density at radius 3 is 2.81 bits per heavy atom. The van der Waals surface area contributed by atoms with Gasteiger partial charge in [-0.05, 0) is 32.6 Å². The molecular formula is C14H21N3O4. The van der Waals surface area contributed by atoms with Crippen molar-refractivity contribution < 1.29 is 19.2 Å². The van der Waals surface area contributed by atoms with Gasteiger partial charge in [-0.15, -0.1) is 0 Å². The Morgan fingerprint density at radius 2 is 2.14 bits per heavy atom. The van der Waals surface area contributed by atoms with Gasteiger partial charge in [-0.3, -0.25) is 9.59 Å². The Morgan fingerprint density at radius 1 is 1.38 bits per heavy atom. The van der Waals surface area contributed by atoms with Gasteiger partial charge >= 0.3 is 5.97 Å². The van der Waals surface area contributed by atoms with Crippen molar-refractivity contribution in [2.45, 2.75) is 45.4 Å². The maximum atomic E-state index is 12.0. The summed E-state index contributed by atoms with van der Waals surface area (Å²) in [5, 5.41) is 15.6. The molecule has 0 aromatic carbocycles. The maximum Gasteiger partial charge on any atom is 0.306 e. The highest BCUT2D eigenvalue weighted by Crippen LogP contribution is 2.29. The lowest BCUT2D eigenvalue weighted by molar-refractivity contribution is -0.144. The van der Waals surface area contributed by atoms with Gasteiger partial charge in [-0.2, -0.15) is 4.98 Å². The number of carbonyl (C=O) groups is 2. The monoisotopic (exact) mass is 295 g/mol. The SMILES string of the molecule is Cc1noc(CCCNC(=O)C2CCCC(C(=O)O)C2)n1. The van der Waals surface area contributed by atoms with Crippen molar-refractivity contribution in [3.8, 4) is 0 Å². The highest BCUT2D eigenvalue weighted by Gasteiger charge is 2.30. The number of carboxylic acid groups (broad SMARTS) is 1. The van der Waals surface area contributed by atoms with Crippen LogP contribution in [-0.4, -0.2) is 33.7 Å². The van der Waals surface area contributed by atoms with Crippen LogP contribution in [0.2, 0.25) is 0 Å². The summed E-state index contributed by atoms with van der Waals surface area (Å²) in [6.07, 6.45) is 4.06. The second-order valence-electron chi connectivity index (χ2n) is 5.53. The molecule has 1 amide bonds. The van der Waals surface area contributed by atoms with E-state index < -0.39 is 5.97 Å². The van der Waals surface area contributed by atoms with Crippen LogP contribution in [-0.2, 0) is 16.0 Å². The van der Waals surface area contributed by atoms with E-state index >= 15 is 0 Å². The summed E-state index contributed by atoms with van der Waals surface area (Å²) in [5.74, 6) is -0.204. The fourth-order valence-electron chi connectivity index (χ4n) is 2.69. The van der Waals surface area contributed by atoms with Crippen LogP contribution >= 0.6 is 0 Å². The average Bonchev–Trinajstić information content (AvgIpc) is 2.89. The van der Waals surface area contributed by atoms with Crippen LogP contribution in [0.4, 0.5) is 0 Å². The standard InChI is InChI=1S/C14H21N3O4/c1-9-16-12(21-17-9)6-3-7-15-13(18)10-4-2-5-11(8-10)14(19)20/h10-11H,2-8H2,1H3,(H,15,18)(H,19,20). The Bertz CT molecular complexity index is 500. The lowest BCUT2D eigenvalue weighted by Crippen LogP contribution is -2.36. The zero-order valence-electron chi connectivity index (χ0n) is 12.2. The summed E-state index contributed by atoms with van der Waals surface area (Å²) in [7, 11) is 0. The Labute approximate surface area is 123 Å². The van der Waals surface area contributed by atoms with Gasteiger partial charge in [0.1, 0.15) is 0 Å². The molecule has 7 heteroatoms. The molecule has 1 aliphatic rings. The van der Waals surface area contributed by atoms with Gasteiger partial charge in [0.15, 0.2) is 5.82 Å². The van der Waals surface area contributed by atoms with E-state index in [9.17, 15) is 9.59 Å². The van der Waals surface area contributed by atoms with Crippen molar-refractivity contribution >= 4 is 11.9 Å². The molecule has 1 heterocycles. The summed E-state index contributed by atoms with van der Waals surface area (Å²) >= 11 is 0. The van der Waals surface area contributed by atoms with Gasteiger partial charge in [-0.1, -0.05) is 11.6 Å². The van der Waals surface area contributed by atoms with Gasteiger partial charge in [0.2, 0.25) is 11.8 Å². The lowest BCUT2D eigenvalue weighted by atomic mass is 9.81. The van der Waals surface area contributed by atoms with Crippen LogP contribution in [0, 0.1) is 18.8 Å². The van der Waals surface area contributed by atoms with Crippen molar-refractivity contribution in [3.05, 3.63) is 11.7 Å². The first-order chi connectivity index (χ1) is 10.1. The quantitative estimate of drug-likeness (QED) is 0.767. The Balaban J connectivity index is 1.68. The molecule has 1 fully saturated rings. The Hall–Kier alpha value is -1.92. The number of aliphatic carboxylic acids is 1. The number of hydrogen-bond donors (Lipinski definition) is 2. The smallest absolute Gasteiger partial charge is 0.306 e. The van der Waals surface area contributed by atoms with Crippen LogP contribution in [0.15, 0.2) is 4.52 Å². The number of carboxylic acids is 1. The van der Waals surface area contributed by atoms with E-state index in [2.05, 4.69) is 15.5 Å². The van der Waals surface area contributed by atoms with Gasteiger partial charge in [0.25, 0.3) is 0 Å². The second-order valence-corrected chi connectivity index (χ2v) is 5.53. The van der Waals surface area contributed by atoms with Gasteiger partial charge in [0, 0.05) is 18.9 Å². The number of amides is 1. The second kappa shape index (κ2) is 7.19. The van der Waals surface area contributed by atoms with Crippen molar-refractivity contribution in [1.29, 1.82) is 0 Å². The molecule has 2 atom stereocenters. The topological polar surface area (TPSA) is 105 Å². The average molecular weight is 295 g/mol. The third-order valence-corrected chi connectivity index (χ3v) is 3.83. The highest BCUT2D eigenvalue weighted by molar-refractivity contribution is 5.80. The third-order valence-electron chi connectivity index (χ3n) is 3.83. The number of nitrogens with one attached hydrogen (secondary N) is 1. The first-order valence-corrected chi connectivity index (χ1v) is 7.36. The molecule has 2 unspecified atom stereocenters. The van der Waals surface area contributed by atoms with Crippen molar-refractivity contribution in [1.82, 2.24) is 15.5 Å². The zero-order chi connectivity index (χ0) is 15.2. The van der Waals surface area contributed by atoms with Crippen molar-refractivity contribution in [3.63, 3.8) is 0 Å². The number of hydrogen-bond acceptors (Lipinski definition) is 5. The minimum absolute atomic E-state index is 0.0392. The fraction of sp³-hybridized carbons (Fsp3) is 0.714. The molecular weight excluding hydrogens is 274 g/mol. The van der Waals surface area contributed by atoms with E-state index in [4.69, 9.17) is 9.63 Å². The summed E-state index contributed by atoms with van der Waals surface area (Å²) in [6.45, 7) is 2.30. The fourth-order valence-corrected chi connectivity index (χ4v) is 2.69. The number of carbonyl (C=O) groups excluding carboxylic acids is 1. The molecule has 0 radical (unpaired) electrons. The molecule has 2 N–H and O–H groups in total. The van der Waals surface area contributed by atoms with Crippen LogP contribution in [0.3, 0.4) is 0 Å². The van der Waals surface area contributed by atoms with Gasteiger partial charge in [0.05, 0.1) is 5.92 Å². The van der Waals surface area contributed by atoms with Crippen LogP contribution < -0.4 is 5.32 Å². The Kier molecular flexibility index (Phi) is 5.30. The molecule has 2 rings (SSSR count). The summed E-state index contributed by atoms with van der Waals surface area (Å²) in [6, 6.07) is 0. The normalized spacial score (nSPS) is 22.0. The maximum absolute atomic E-state index is 12.0. The van der Waals surface area contributed by atoms with E-state index in [1.807, 2.05) is 0 Å².